The Bertz CT molecular complexity index is 169. The summed E-state index contributed by atoms with van der Waals surface area (Å²) in [5.41, 5.74) is 4.34. The number of hydrogen-bond donors (Lipinski definition) is 2. The highest BCUT2D eigenvalue weighted by Gasteiger charge is 2.17. The molecule has 0 rings (SSSR count). The average molecular weight is 142 g/mol. The summed E-state index contributed by atoms with van der Waals surface area (Å²) >= 11 is 0. The van der Waals surface area contributed by atoms with Crippen molar-refractivity contribution in [2.75, 3.05) is 0 Å². The Labute approximate surface area is 59.3 Å². The van der Waals surface area contributed by atoms with Gasteiger partial charge in [0, 0.05) is 6.42 Å². The van der Waals surface area contributed by atoms with E-state index in [1.165, 1.54) is 6.92 Å². The number of rotatable bonds is 3. The third kappa shape index (κ3) is 3.87. The normalized spacial score (nSPS) is 15.3. The predicted octanol–water partition coefficient (Wildman–Crippen LogP) is 0.0922. The monoisotopic (exact) mass is 142 g/mol. The van der Waals surface area contributed by atoms with Crippen LogP contribution in [-0.4, -0.2) is 16.6 Å². The molecule has 1 unspecified atom stereocenters. The minimum atomic E-state index is -1.00. The van der Waals surface area contributed by atoms with Gasteiger partial charge in [0.05, 0.1) is 6.07 Å². The lowest BCUT2D eigenvalue weighted by Crippen LogP contribution is -2.34. The first kappa shape index (κ1) is 8.92. The largest absolute Gasteiger partial charge is 0.481 e. The van der Waals surface area contributed by atoms with Crippen LogP contribution in [0.1, 0.15) is 19.8 Å². The molecule has 0 aliphatic carbocycles. The van der Waals surface area contributed by atoms with Gasteiger partial charge in [-0.25, -0.2) is 0 Å². The minimum Gasteiger partial charge on any atom is -0.481 e. The summed E-state index contributed by atoms with van der Waals surface area (Å²) in [6, 6.07) is 1.81. The minimum absolute atomic E-state index is 0.0550. The van der Waals surface area contributed by atoms with Gasteiger partial charge < -0.3 is 10.8 Å². The van der Waals surface area contributed by atoms with Crippen molar-refractivity contribution in [1.29, 1.82) is 5.26 Å². The van der Waals surface area contributed by atoms with Crippen LogP contribution in [-0.2, 0) is 4.79 Å². The molecule has 10 heavy (non-hydrogen) atoms. The van der Waals surface area contributed by atoms with Crippen LogP contribution < -0.4 is 5.73 Å². The number of carbonyl (C=O) groups is 1. The lowest BCUT2D eigenvalue weighted by molar-refractivity contribution is -0.137. The lowest BCUT2D eigenvalue weighted by Gasteiger charge is -2.12. The molecule has 0 spiro atoms. The number of carboxylic acids is 1. The molecular weight excluding hydrogens is 132 g/mol. The van der Waals surface area contributed by atoms with Gasteiger partial charge in [-0.1, -0.05) is 0 Å². The summed E-state index contributed by atoms with van der Waals surface area (Å²) in [6.07, 6.45) is 0.138. The van der Waals surface area contributed by atoms with E-state index in [0.29, 0.717) is 0 Å². The SMILES string of the molecule is CC(N)(C#N)CCC(=O)O. The molecule has 0 amide bonds. The first-order chi connectivity index (χ1) is 4.48. The van der Waals surface area contributed by atoms with Crippen molar-refractivity contribution in [3.8, 4) is 6.07 Å². The molecule has 0 aromatic rings. The Morgan fingerprint density at radius 2 is 2.40 bits per heavy atom. The Kier molecular flexibility index (Phi) is 2.84. The van der Waals surface area contributed by atoms with E-state index in [0.717, 1.165) is 0 Å². The molecule has 0 saturated heterocycles. The van der Waals surface area contributed by atoms with Crippen LogP contribution in [0.5, 0.6) is 0 Å². The van der Waals surface area contributed by atoms with Gasteiger partial charge in [-0.3, -0.25) is 4.79 Å². The van der Waals surface area contributed by atoms with Crippen LogP contribution >= 0.6 is 0 Å². The summed E-state index contributed by atoms with van der Waals surface area (Å²) in [7, 11) is 0. The zero-order chi connectivity index (χ0) is 8.20. The topological polar surface area (TPSA) is 87.1 Å². The maximum Gasteiger partial charge on any atom is 0.303 e. The van der Waals surface area contributed by atoms with Crippen molar-refractivity contribution in [3.05, 3.63) is 0 Å². The van der Waals surface area contributed by atoms with Crippen molar-refractivity contribution in [3.63, 3.8) is 0 Å². The van der Waals surface area contributed by atoms with Crippen LogP contribution in [0.3, 0.4) is 0 Å². The first-order valence-corrected chi connectivity index (χ1v) is 2.90. The molecule has 0 heterocycles. The summed E-state index contributed by atoms with van der Waals surface area (Å²) in [6.45, 7) is 1.51. The number of carboxylic acid groups (broad SMARTS) is 1. The number of hydrogen-bond acceptors (Lipinski definition) is 3. The van der Waals surface area contributed by atoms with Gasteiger partial charge in [-0.2, -0.15) is 5.26 Å². The molecule has 0 aromatic heterocycles. The lowest BCUT2D eigenvalue weighted by atomic mass is 10.00. The van der Waals surface area contributed by atoms with Crippen LogP contribution in [0.25, 0.3) is 0 Å². The fourth-order valence-corrected chi connectivity index (χ4v) is 0.423. The van der Waals surface area contributed by atoms with Crippen molar-refractivity contribution in [1.82, 2.24) is 0 Å². The van der Waals surface area contributed by atoms with Gasteiger partial charge >= 0.3 is 5.97 Å². The smallest absolute Gasteiger partial charge is 0.303 e. The maximum atomic E-state index is 10.00. The van der Waals surface area contributed by atoms with Gasteiger partial charge in [0.1, 0.15) is 5.54 Å². The summed E-state index contributed by atoms with van der Waals surface area (Å²) in [5, 5.41) is 16.5. The van der Waals surface area contributed by atoms with E-state index in [-0.39, 0.29) is 12.8 Å². The van der Waals surface area contributed by atoms with Crippen molar-refractivity contribution < 1.29 is 9.90 Å². The fourth-order valence-electron chi connectivity index (χ4n) is 0.423. The van der Waals surface area contributed by atoms with Gasteiger partial charge in [0.15, 0.2) is 0 Å². The van der Waals surface area contributed by atoms with E-state index < -0.39 is 11.5 Å². The molecule has 0 aliphatic rings. The summed E-state index contributed by atoms with van der Waals surface area (Å²) in [4.78, 5) is 10.00. The third-order valence-corrected chi connectivity index (χ3v) is 1.11. The number of nitriles is 1. The molecule has 56 valence electrons. The van der Waals surface area contributed by atoms with Gasteiger partial charge in [0.2, 0.25) is 0 Å². The van der Waals surface area contributed by atoms with Crippen LogP contribution in [0.15, 0.2) is 0 Å². The number of nitrogens with two attached hydrogens (primary N) is 1. The quantitative estimate of drug-likeness (QED) is 0.584. The van der Waals surface area contributed by atoms with E-state index in [1.807, 2.05) is 6.07 Å². The van der Waals surface area contributed by atoms with Gasteiger partial charge in [0.25, 0.3) is 0 Å². The third-order valence-electron chi connectivity index (χ3n) is 1.11. The average Bonchev–Trinajstić information content (AvgIpc) is 1.85. The first-order valence-electron chi connectivity index (χ1n) is 2.90. The fraction of sp³-hybridized carbons (Fsp3) is 0.667. The summed E-state index contributed by atoms with van der Waals surface area (Å²) in [5.74, 6) is -0.924. The molecule has 4 nitrogen and oxygen atoms in total. The number of nitrogens with zero attached hydrogens (tertiary/aromatic N) is 1. The summed E-state index contributed by atoms with van der Waals surface area (Å²) < 4.78 is 0. The Morgan fingerprint density at radius 1 is 1.90 bits per heavy atom. The molecule has 0 fully saturated rings. The maximum absolute atomic E-state index is 10.00. The standard InChI is InChI=1S/C6H10N2O2/c1-6(8,4-7)3-2-5(9)10/h2-3,8H2,1H3,(H,9,10). The highest BCUT2D eigenvalue weighted by Crippen LogP contribution is 2.05. The van der Waals surface area contributed by atoms with E-state index in [1.54, 1.807) is 0 Å². The Hall–Kier alpha value is -1.08. The second-order valence-electron chi connectivity index (χ2n) is 2.42. The Balaban J connectivity index is 3.71. The molecule has 0 bridgehead atoms. The van der Waals surface area contributed by atoms with Crippen molar-refractivity contribution in [2.45, 2.75) is 25.3 Å². The van der Waals surface area contributed by atoms with E-state index in [2.05, 4.69) is 0 Å². The second kappa shape index (κ2) is 3.18. The molecule has 4 heteroatoms. The highest BCUT2D eigenvalue weighted by molar-refractivity contribution is 5.66. The van der Waals surface area contributed by atoms with Crippen molar-refractivity contribution in [2.24, 2.45) is 5.73 Å². The zero-order valence-electron chi connectivity index (χ0n) is 5.79. The van der Waals surface area contributed by atoms with Crippen LogP contribution in [0, 0.1) is 11.3 Å². The zero-order valence-corrected chi connectivity index (χ0v) is 5.79. The van der Waals surface area contributed by atoms with Gasteiger partial charge in [-0.05, 0) is 13.3 Å². The molecule has 0 aromatic carbocycles. The Morgan fingerprint density at radius 3 is 2.70 bits per heavy atom. The van der Waals surface area contributed by atoms with Crippen LogP contribution in [0.4, 0.5) is 0 Å². The second-order valence-corrected chi connectivity index (χ2v) is 2.42. The predicted molar refractivity (Wildman–Crippen MR) is 35.1 cm³/mol. The highest BCUT2D eigenvalue weighted by atomic mass is 16.4. The van der Waals surface area contributed by atoms with E-state index in [4.69, 9.17) is 16.1 Å². The van der Waals surface area contributed by atoms with Crippen molar-refractivity contribution >= 4 is 5.97 Å². The molecule has 0 aliphatic heterocycles. The van der Waals surface area contributed by atoms with E-state index in [9.17, 15) is 4.79 Å². The number of aliphatic carboxylic acids is 1. The molecule has 0 radical (unpaired) electrons. The molecular formula is C6H10N2O2. The molecule has 3 N–H and O–H groups in total. The van der Waals surface area contributed by atoms with Gasteiger partial charge in [-0.15, -0.1) is 0 Å². The van der Waals surface area contributed by atoms with Crippen LogP contribution in [0.2, 0.25) is 0 Å². The molecule has 1 atom stereocenters. The molecule has 0 saturated carbocycles. The van der Waals surface area contributed by atoms with E-state index >= 15 is 0 Å².